The molecule has 37 heavy (non-hydrogen) atoms. The summed E-state index contributed by atoms with van der Waals surface area (Å²) >= 11 is 0. The van der Waals surface area contributed by atoms with Crippen LogP contribution in [-0.2, 0) is 12.7 Å². The van der Waals surface area contributed by atoms with E-state index in [9.17, 15) is 18.0 Å². The van der Waals surface area contributed by atoms with Crippen molar-refractivity contribution >= 4 is 5.91 Å². The van der Waals surface area contributed by atoms with Gasteiger partial charge < -0.3 is 9.32 Å². The van der Waals surface area contributed by atoms with Gasteiger partial charge in [-0.3, -0.25) is 9.69 Å². The topological polar surface area (TPSA) is 36.7 Å². The summed E-state index contributed by atoms with van der Waals surface area (Å²) in [7, 11) is 0. The summed E-state index contributed by atoms with van der Waals surface area (Å²) in [6.07, 6.45) is -4.40. The van der Waals surface area contributed by atoms with Crippen LogP contribution in [0.5, 0.6) is 0 Å². The molecule has 0 unspecified atom stereocenters. The second-order valence-electron chi connectivity index (χ2n) is 10.7. The fourth-order valence-electron chi connectivity index (χ4n) is 5.23. The number of rotatable bonds is 8. The summed E-state index contributed by atoms with van der Waals surface area (Å²) in [5.41, 5.74) is 1.72. The first-order valence-corrected chi connectivity index (χ1v) is 12.8. The third kappa shape index (κ3) is 6.83. The molecule has 2 atom stereocenters. The number of hydrogen-bond acceptors (Lipinski definition) is 3. The molecule has 2 heterocycles. The number of nitrogens with zero attached hydrogens (tertiary/aromatic N) is 2. The molecule has 198 valence electrons. The minimum Gasteiger partial charge on any atom is -0.465 e. The van der Waals surface area contributed by atoms with Crippen molar-refractivity contribution in [1.29, 1.82) is 0 Å². The number of halogens is 3. The van der Waals surface area contributed by atoms with E-state index in [2.05, 4.69) is 18.7 Å². The van der Waals surface area contributed by atoms with Crippen LogP contribution in [0.3, 0.4) is 0 Å². The second-order valence-corrected chi connectivity index (χ2v) is 10.7. The average molecular weight is 513 g/mol. The molecule has 0 saturated carbocycles. The van der Waals surface area contributed by atoms with Crippen molar-refractivity contribution in [2.45, 2.75) is 46.3 Å². The SMILES string of the molecule is Cc1ccc(C(=O)N(CC(C)C)C[C@H]2CN(Cc3ccc(C)o3)C[C@H]2c2cccc(C(F)(F)F)c2)cc1. The molecule has 2 aromatic carbocycles. The summed E-state index contributed by atoms with van der Waals surface area (Å²) in [4.78, 5) is 17.6. The van der Waals surface area contributed by atoms with Crippen LogP contribution in [0.4, 0.5) is 13.2 Å². The Kier molecular flexibility index (Phi) is 8.12. The van der Waals surface area contributed by atoms with Gasteiger partial charge in [0, 0.05) is 37.7 Å². The van der Waals surface area contributed by atoms with E-state index in [0.717, 1.165) is 23.2 Å². The second kappa shape index (κ2) is 11.1. The van der Waals surface area contributed by atoms with E-state index in [4.69, 9.17) is 4.42 Å². The molecule has 1 saturated heterocycles. The Bertz CT molecular complexity index is 1200. The minimum atomic E-state index is -4.40. The lowest BCUT2D eigenvalue weighted by molar-refractivity contribution is -0.137. The van der Waals surface area contributed by atoms with Gasteiger partial charge in [0.2, 0.25) is 0 Å². The largest absolute Gasteiger partial charge is 0.465 e. The maximum absolute atomic E-state index is 13.5. The fourth-order valence-corrected chi connectivity index (χ4v) is 5.23. The number of hydrogen-bond donors (Lipinski definition) is 0. The molecule has 1 aliphatic rings. The standard InChI is InChI=1S/C30H35F3N2O2/c1-20(2)15-35(29(36)23-11-8-21(3)9-12-23)17-25-16-34(18-27-13-10-22(4)37-27)19-28(25)24-6-5-7-26(14-24)30(31,32)33/h5-14,20,25,28H,15-19H2,1-4H3/t25-,28+/m1/s1. The van der Waals surface area contributed by atoms with Crippen molar-refractivity contribution < 1.29 is 22.4 Å². The van der Waals surface area contributed by atoms with Gasteiger partial charge in [-0.1, -0.05) is 49.7 Å². The predicted molar refractivity (Wildman–Crippen MR) is 138 cm³/mol. The van der Waals surface area contributed by atoms with E-state index in [-0.39, 0.29) is 23.7 Å². The zero-order valence-electron chi connectivity index (χ0n) is 21.9. The third-order valence-corrected chi connectivity index (χ3v) is 6.96. The molecule has 7 heteroatoms. The number of furan rings is 1. The van der Waals surface area contributed by atoms with Gasteiger partial charge >= 0.3 is 6.18 Å². The maximum atomic E-state index is 13.5. The van der Waals surface area contributed by atoms with Crippen LogP contribution >= 0.6 is 0 Å². The number of benzene rings is 2. The van der Waals surface area contributed by atoms with Crippen molar-refractivity contribution in [2.24, 2.45) is 11.8 Å². The van der Waals surface area contributed by atoms with Crippen LogP contribution in [-0.4, -0.2) is 41.9 Å². The van der Waals surface area contributed by atoms with Crippen molar-refractivity contribution in [3.8, 4) is 0 Å². The summed E-state index contributed by atoms with van der Waals surface area (Å²) in [6, 6.07) is 17.0. The summed E-state index contributed by atoms with van der Waals surface area (Å²) in [6.45, 7) is 10.9. The van der Waals surface area contributed by atoms with Gasteiger partial charge in [0.1, 0.15) is 11.5 Å². The molecule has 0 radical (unpaired) electrons. The van der Waals surface area contributed by atoms with Gasteiger partial charge in [-0.15, -0.1) is 0 Å². The molecule has 1 amide bonds. The molecule has 4 rings (SSSR count). The first kappa shape index (κ1) is 27.0. The van der Waals surface area contributed by atoms with Crippen molar-refractivity contribution in [2.75, 3.05) is 26.2 Å². The van der Waals surface area contributed by atoms with Crippen LogP contribution in [0.1, 0.15) is 58.3 Å². The normalized spacial score (nSPS) is 18.5. The lowest BCUT2D eigenvalue weighted by Crippen LogP contribution is -2.39. The molecule has 0 N–H and O–H groups in total. The van der Waals surface area contributed by atoms with Crippen molar-refractivity contribution in [3.05, 3.63) is 94.4 Å². The molecule has 0 aliphatic carbocycles. The smallest absolute Gasteiger partial charge is 0.416 e. The number of likely N-dealkylation sites (tertiary alicyclic amines) is 1. The van der Waals surface area contributed by atoms with Crippen LogP contribution in [0, 0.1) is 25.7 Å². The summed E-state index contributed by atoms with van der Waals surface area (Å²) < 4.78 is 46.3. The van der Waals surface area contributed by atoms with E-state index in [1.807, 2.05) is 55.1 Å². The number of carbonyl (C=O) groups is 1. The molecule has 0 spiro atoms. The predicted octanol–water partition coefficient (Wildman–Crippen LogP) is 6.93. The molecule has 4 nitrogen and oxygen atoms in total. The lowest BCUT2D eigenvalue weighted by atomic mass is 9.87. The van der Waals surface area contributed by atoms with Crippen LogP contribution in [0.25, 0.3) is 0 Å². The Morgan fingerprint density at radius 1 is 1.05 bits per heavy atom. The van der Waals surface area contributed by atoms with Gasteiger partial charge in [-0.05, 0) is 61.6 Å². The molecular weight excluding hydrogens is 477 g/mol. The summed E-state index contributed by atoms with van der Waals surface area (Å²) in [5, 5.41) is 0. The zero-order valence-corrected chi connectivity index (χ0v) is 21.9. The Labute approximate surface area is 217 Å². The fraction of sp³-hybridized carbons (Fsp3) is 0.433. The van der Waals surface area contributed by atoms with Gasteiger partial charge in [0.15, 0.2) is 0 Å². The monoisotopic (exact) mass is 512 g/mol. The van der Waals surface area contributed by atoms with E-state index in [1.54, 1.807) is 6.07 Å². The Balaban J connectivity index is 1.62. The van der Waals surface area contributed by atoms with E-state index in [1.165, 1.54) is 12.1 Å². The molecule has 3 aromatic rings. The number of carbonyl (C=O) groups excluding carboxylic acids is 1. The van der Waals surface area contributed by atoms with Crippen molar-refractivity contribution in [1.82, 2.24) is 9.80 Å². The van der Waals surface area contributed by atoms with E-state index in [0.29, 0.717) is 43.9 Å². The van der Waals surface area contributed by atoms with Gasteiger partial charge in [-0.2, -0.15) is 13.2 Å². The van der Waals surface area contributed by atoms with Crippen molar-refractivity contribution in [3.63, 3.8) is 0 Å². The zero-order chi connectivity index (χ0) is 26.7. The Morgan fingerprint density at radius 2 is 1.78 bits per heavy atom. The van der Waals surface area contributed by atoms with E-state index >= 15 is 0 Å². The summed E-state index contributed by atoms with van der Waals surface area (Å²) in [5.74, 6) is 1.70. The van der Waals surface area contributed by atoms with Crippen LogP contribution in [0.15, 0.2) is 65.1 Å². The lowest BCUT2D eigenvalue weighted by Gasteiger charge is -2.30. The highest BCUT2D eigenvalue weighted by Crippen LogP contribution is 2.37. The maximum Gasteiger partial charge on any atom is 0.416 e. The molecular formula is C30H35F3N2O2. The highest BCUT2D eigenvalue weighted by Gasteiger charge is 2.38. The molecule has 1 aliphatic heterocycles. The van der Waals surface area contributed by atoms with Crippen LogP contribution in [0.2, 0.25) is 0 Å². The highest BCUT2D eigenvalue weighted by atomic mass is 19.4. The molecule has 1 aromatic heterocycles. The third-order valence-electron chi connectivity index (χ3n) is 6.96. The highest BCUT2D eigenvalue weighted by molar-refractivity contribution is 5.94. The minimum absolute atomic E-state index is 0.0207. The molecule has 1 fully saturated rings. The number of aryl methyl sites for hydroxylation is 2. The van der Waals surface area contributed by atoms with Gasteiger partial charge in [-0.25, -0.2) is 0 Å². The Morgan fingerprint density at radius 3 is 2.41 bits per heavy atom. The van der Waals surface area contributed by atoms with Gasteiger partial charge in [0.05, 0.1) is 12.1 Å². The van der Waals surface area contributed by atoms with Gasteiger partial charge in [0.25, 0.3) is 5.91 Å². The van der Waals surface area contributed by atoms with Crippen LogP contribution < -0.4 is 0 Å². The first-order valence-electron chi connectivity index (χ1n) is 12.8. The molecule has 0 bridgehead atoms. The average Bonchev–Trinajstić information content (AvgIpc) is 3.43. The quantitative estimate of drug-likeness (QED) is 0.328. The number of amides is 1. The Hall–Kier alpha value is -3.06. The van der Waals surface area contributed by atoms with E-state index < -0.39 is 11.7 Å². The first-order chi connectivity index (χ1) is 17.5. The number of alkyl halides is 3.